The second-order valence-corrected chi connectivity index (χ2v) is 5.57. The van der Waals surface area contributed by atoms with Crippen LogP contribution in [0.4, 0.5) is 0 Å². The van der Waals surface area contributed by atoms with Crippen molar-refractivity contribution in [3.05, 3.63) is 44.9 Å². The minimum absolute atomic E-state index is 0.0909. The highest BCUT2D eigenvalue weighted by atomic mass is 35.5. The van der Waals surface area contributed by atoms with Crippen LogP contribution in [0.1, 0.15) is 29.3 Å². The molecule has 96 valence electrons. The van der Waals surface area contributed by atoms with Crippen LogP contribution in [-0.2, 0) is 5.88 Å². The molecule has 5 heteroatoms. The predicted octanol–water partition coefficient (Wildman–Crippen LogP) is 4.98. The smallest absolute Gasteiger partial charge is 0.147 e. The van der Waals surface area contributed by atoms with E-state index >= 15 is 0 Å². The molecule has 0 saturated carbocycles. The Morgan fingerprint density at radius 2 is 2.22 bits per heavy atom. The van der Waals surface area contributed by atoms with Gasteiger partial charge in [0.15, 0.2) is 0 Å². The molecule has 0 N–H and O–H groups in total. The summed E-state index contributed by atoms with van der Waals surface area (Å²) in [5, 5.41) is 3.60. The summed E-state index contributed by atoms with van der Waals surface area (Å²) in [7, 11) is 0. The normalized spacial score (nSPS) is 12.4. The molecule has 1 aromatic heterocycles. The monoisotopic (exact) mass is 301 g/mol. The Morgan fingerprint density at radius 1 is 1.44 bits per heavy atom. The second kappa shape index (κ2) is 5.91. The Bertz CT molecular complexity index is 542. The first kappa shape index (κ1) is 13.7. The van der Waals surface area contributed by atoms with E-state index in [-0.39, 0.29) is 6.10 Å². The molecule has 0 amide bonds. The van der Waals surface area contributed by atoms with Crippen LogP contribution in [0.3, 0.4) is 0 Å². The summed E-state index contributed by atoms with van der Waals surface area (Å²) in [5.41, 5.74) is 1.91. The summed E-state index contributed by atoms with van der Waals surface area (Å²) in [4.78, 5) is 4.41. The van der Waals surface area contributed by atoms with Gasteiger partial charge in [0.25, 0.3) is 0 Å². The lowest BCUT2D eigenvalue weighted by atomic mass is 10.2. The highest BCUT2D eigenvalue weighted by molar-refractivity contribution is 7.09. The maximum absolute atomic E-state index is 5.91. The van der Waals surface area contributed by atoms with E-state index in [1.807, 2.05) is 37.4 Å². The fourth-order valence-electron chi connectivity index (χ4n) is 1.56. The highest BCUT2D eigenvalue weighted by Crippen LogP contribution is 2.28. The fourth-order valence-corrected chi connectivity index (χ4v) is 2.81. The van der Waals surface area contributed by atoms with Gasteiger partial charge in [0, 0.05) is 10.4 Å². The van der Waals surface area contributed by atoms with Crippen LogP contribution in [0, 0.1) is 6.92 Å². The second-order valence-electron chi connectivity index (χ2n) is 3.98. The summed E-state index contributed by atoms with van der Waals surface area (Å²) < 4.78 is 5.89. The predicted molar refractivity (Wildman–Crippen MR) is 76.9 cm³/mol. The van der Waals surface area contributed by atoms with E-state index in [4.69, 9.17) is 27.9 Å². The van der Waals surface area contributed by atoms with Crippen molar-refractivity contribution in [2.75, 3.05) is 0 Å². The molecule has 1 heterocycles. The molecule has 0 aliphatic carbocycles. The molecule has 0 aliphatic heterocycles. The van der Waals surface area contributed by atoms with Gasteiger partial charge in [-0.1, -0.05) is 11.6 Å². The number of aromatic nitrogens is 1. The number of hydrogen-bond acceptors (Lipinski definition) is 3. The summed E-state index contributed by atoms with van der Waals surface area (Å²) in [6.07, 6.45) is -0.0909. The number of benzene rings is 1. The SMILES string of the molecule is Cc1cc(Cl)ccc1OC(C)c1nc(CCl)cs1. The first-order chi connectivity index (χ1) is 8.60. The van der Waals surface area contributed by atoms with Gasteiger partial charge in [-0.25, -0.2) is 4.98 Å². The quantitative estimate of drug-likeness (QED) is 0.743. The molecular weight excluding hydrogens is 289 g/mol. The Labute approximate surface area is 121 Å². The molecule has 1 atom stereocenters. The standard InChI is InChI=1S/C13H13Cl2NOS/c1-8-5-10(15)3-4-12(8)17-9(2)13-16-11(6-14)7-18-13/h3-5,7,9H,6H2,1-2H3. The lowest BCUT2D eigenvalue weighted by molar-refractivity contribution is 0.224. The van der Waals surface area contributed by atoms with Gasteiger partial charge in [0.05, 0.1) is 11.6 Å². The van der Waals surface area contributed by atoms with E-state index < -0.39 is 0 Å². The maximum Gasteiger partial charge on any atom is 0.147 e. The maximum atomic E-state index is 5.91. The third-order valence-corrected chi connectivity index (χ3v) is 4.06. The number of rotatable bonds is 4. The summed E-state index contributed by atoms with van der Waals surface area (Å²) in [5.74, 6) is 1.26. The molecule has 0 fully saturated rings. The van der Waals surface area contributed by atoms with Crippen LogP contribution in [0.15, 0.2) is 23.6 Å². The molecule has 0 spiro atoms. The zero-order valence-corrected chi connectivity index (χ0v) is 12.4. The molecule has 2 aromatic rings. The van der Waals surface area contributed by atoms with E-state index in [0.29, 0.717) is 10.9 Å². The summed E-state index contributed by atoms with van der Waals surface area (Å²) in [6, 6.07) is 5.59. The third-order valence-electron chi connectivity index (χ3n) is 2.49. The Hall–Kier alpha value is -0.770. The Kier molecular flexibility index (Phi) is 4.49. The van der Waals surface area contributed by atoms with Crippen LogP contribution < -0.4 is 4.74 Å². The first-order valence-electron chi connectivity index (χ1n) is 5.53. The van der Waals surface area contributed by atoms with Crippen molar-refractivity contribution in [2.45, 2.75) is 25.8 Å². The van der Waals surface area contributed by atoms with Gasteiger partial charge < -0.3 is 4.74 Å². The average molecular weight is 302 g/mol. The Balaban J connectivity index is 2.13. The van der Waals surface area contributed by atoms with E-state index in [1.165, 1.54) is 0 Å². The molecule has 0 radical (unpaired) electrons. The number of alkyl halides is 1. The number of aryl methyl sites for hydroxylation is 1. The van der Waals surface area contributed by atoms with Crippen LogP contribution in [0.2, 0.25) is 5.02 Å². The molecule has 2 rings (SSSR count). The zero-order valence-electron chi connectivity index (χ0n) is 10.1. The molecule has 2 nitrogen and oxygen atoms in total. The first-order valence-corrected chi connectivity index (χ1v) is 7.32. The van der Waals surface area contributed by atoms with Crippen LogP contribution in [0.5, 0.6) is 5.75 Å². The summed E-state index contributed by atoms with van der Waals surface area (Å²) in [6.45, 7) is 3.95. The van der Waals surface area contributed by atoms with E-state index in [9.17, 15) is 0 Å². The van der Waals surface area contributed by atoms with Gasteiger partial charge >= 0.3 is 0 Å². The van der Waals surface area contributed by atoms with Crippen molar-refractivity contribution in [2.24, 2.45) is 0 Å². The van der Waals surface area contributed by atoms with E-state index in [0.717, 1.165) is 22.0 Å². The molecule has 1 unspecified atom stereocenters. The van der Waals surface area contributed by atoms with Gasteiger partial charge in [-0.3, -0.25) is 0 Å². The third kappa shape index (κ3) is 3.16. The molecule has 0 saturated heterocycles. The number of hydrogen-bond donors (Lipinski definition) is 0. The molecular formula is C13H13Cl2NOS. The fraction of sp³-hybridized carbons (Fsp3) is 0.308. The molecule has 18 heavy (non-hydrogen) atoms. The number of thiazole rings is 1. The van der Waals surface area contributed by atoms with Gasteiger partial charge in [-0.2, -0.15) is 0 Å². The molecule has 1 aromatic carbocycles. The number of nitrogens with zero attached hydrogens (tertiary/aromatic N) is 1. The van der Waals surface area contributed by atoms with Crippen molar-refractivity contribution in [3.63, 3.8) is 0 Å². The van der Waals surface area contributed by atoms with Crippen molar-refractivity contribution >= 4 is 34.5 Å². The summed E-state index contributed by atoms with van der Waals surface area (Å²) >= 11 is 13.2. The number of ether oxygens (including phenoxy) is 1. The minimum atomic E-state index is -0.0909. The van der Waals surface area contributed by atoms with Crippen molar-refractivity contribution in [3.8, 4) is 5.75 Å². The Morgan fingerprint density at radius 3 is 2.83 bits per heavy atom. The van der Waals surface area contributed by atoms with Gasteiger partial charge in [-0.05, 0) is 37.6 Å². The van der Waals surface area contributed by atoms with Crippen molar-refractivity contribution in [1.82, 2.24) is 4.98 Å². The minimum Gasteiger partial charge on any atom is -0.483 e. The van der Waals surface area contributed by atoms with Crippen molar-refractivity contribution in [1.29, 1.82) is 0 Å². The average Bonchev–Trinajstić information content (AvgIpc) is 2.81. The molecule has 0 aliphatic rings. The van der Waals surface area contributed by atoms with E-state index in [1.54, 1.807) is 11.3 Å². The van der Waals surface area contributed by atoms with E-state index in [2.05, 4.69) is 4.98 Å². The largest absolute Gasteiger partial charge is 0.483 e. The van der Waals surface area contributed by atoms with Crippen molar-refractivity contribution < 1.29 is 4.74 Å². The van der Waals surface area contributed by atoms with Crippen LogP contribution in [-0.4, -0.2) is 4.98 Å². The van der Waals surface area contributed by atoms with Crippen LogP contribution in [0.25, 0.3) is 0 Å². The lowest BCUT2D eigenvalue weighted by Crippen LogP contribution is -2.03. The van der Waals surface area contributed by atoms with Gasteiger partial charge in [0.1, 0.15) is 16.9 Å². The number of halogens is 2. The van der Waals surface area contributed by atoms with Gasteiger partial charge in [-0.15, -0.1) is 22.9 Å². The topological polar surface area (TPSA) is 22.1 Å². The van der Waals surface area contributed by atoms with Gasteiger partial charge in [0.2, 0.25) is 0 Å². The highest BCUT2D eigenvalue weighted by Gasteiger charge is 2.13. The lowest BCUT2D eigenvalue weighted by Gasteiger charge is -2.14. The van der Waals surface area contributed by atoms with Crippen LogP contribution >= 0.6 is 34.5 Å². The zero-order chi connectivity index (χ0) is 13.1. The molecule has 0 bridgehead atoms.